The number of amides is 1. The topological polar surface area (TPSA) is 32.3 Å². The summed E-state index contributed by atoms with van der Waals surface area (Å²) in [5, 5.41) is 7.79. The Balaban J connectivity index is 1.49. The van der Waals surface area contributed by atoms with Gasteiger partial charge in [-0.05, 0) is 66.5 Å². The minimum atomic E-state index is 0.0988. The van der Waals surface area contributed by atoms with Gasteiger partial charge in [-0.15, -0.1) is 0 Å². The summed E-state index contributed by atoms with van der Waals surface area (Å²) in [5.74, 6) is 1.73. The predicted molar refractivity (Wildman–Crippen MR) is 80.5 cm³/mol. The van der Waals surface area contributed by atoms with E-state index in [4.69, 9.17) is 0 Å². The lowest BCUT2D eigenvalue weighted by atomic mass is 9.93. The van der Waals surface area contributed by atoms with E-state index in [9.17, 15) is 4.79 Å². The lowest BCUT2D eigenvalue weighted by Crippen LogP contribution is -2.47. The molecule has 2 aliphatic carbocycles. The maximum atomic E-state index is 13.0. The molecular formula is C16H22N2OS. The molecule has 3 nitrogen and oxygen atoms in total. The van der Waals surface area contributed by atoms with E-state index in [1.807, 2.05) is 0 Å². The van der Waals surface area contributed by atoms with Gasteiger partial charge in [0.1, 0.15) is 0 Å². The number of hydrogen-bond acceptors (Lipinski definition) is 3. The molecule has 1 aliphatic heterocycles. The van der Waals surface area contributed by atoms with Crippen molar-refractivity contribution in [3.63, 3.8) is 0 Å². The van der Waals surface area contributed by atoms with Crippen LogP contribution < -0.4 is 5.32 Å². The molecule has 0 bridgehead atoms. The van der Waals surface area contributed by atoms with Crippen molar-refractivity contribution in [1.29, 1.82) is 0 Å². The van der Waals surface area contributed by atoms with Gasteiger partial charge >= 0.3 is 0 Å². The molecule has 4 heteroatoms. The van der Waals surface area contributed by atoms with Gasteiger partial charge in [0.2, 0.25) is 5.91 Å². The van der Waals surface area contributed by atoms with Gasteiger partial charge in [-0.3, -0.25) is 4.79 Å². The van der Waals surface area contributed by atoms with Gasteiger partial charge in [0.15, 0.2) is 0 Å². The molecule has 0 radical (unpaired) electrons. The predicted octanol–water partition coefficient (Wildman–Crippen LogP) is 2.63. The molecule has 2 saturated carbocycles. The van der Waals surface area contributed by atoms with E-state index in [2.05, 4.69) is 27.0 Å². The van der Waals surface area contributed by atoms with E-state index >= 15 is 0 Å². The summed E-state index contributed by atoms with van der Waals surface area (Å²) in [6.07, 6.45) is 6.25. The van der Waals surface area contributed by atoms with Gasteiger partial charge in [0, 0.05) is 12.6 Å². The Morgan fingerprint density at radius 2 is 2.25 bits per heavy atom. The summed E-state index contributed by atoms with van der Waals surface area (Å²) in [7, 11) is 0. The zero-order chi connectivity index (χ0) is 13.5. The molecule has 0 aromatic carbocycles. The molecule has 1 N–H and O–H groups in total. The van der Waals surface area contributed by atoms with Crippen molar-refractivity contribution in [2.75, 3.05) is 6.54 Å². The first-order valence-corrected chi connectivity index (χ1v) is 8.82. The van der Waals surface area contributed by atoms with Crippen LogP contribution in [0.4, 0.5) is 0 Å². The Kier molecular flexibility index (Phi) is 3.31. The molecule has 1 amide bonds. The fourth-order valence-electron chi connectivity index (χ4n) is 3.99. The maximum absolute atomic E-state index is 13.0. The van der Waals surface area contributed by atoms with E-state index in [-0.39, 0.29) is 6.04 Å². The normalized spacial score (nSPS) is 32.3. The number of fused-ring (bicyclic) bond motifs is 1. The van der Waals surface area contributed by atoms with Crippen LogP contribution in [0.2, 0.25) is 0 Å². The number of nitrogens with one attached hydrogen (secondary N) is 1. The third kappa shape index (κ3) is 2.29. The van der Waals surface area contributed by atoms with E-state index in [0.717, 1.165) is 19.0 Å². The molecule has 3 fully saturated rings. The highest BCUT2D eigenvalue weighted by Crippen LogP contribution is 2.39. The first-order chi connectivity index (χ1) is 9.83. The molecule has 3 unspecified atom stereocenters. The molecular weight excluding hydrogens is 268 g/mol. The van der Waals surface area contributed by atoms with Gasteiger partial charge in [0.25, 0.3) is 0 Å². The monoisotopic (exact) mass is 290 g/mol. The smallest absolute Gasteiger partial charge is 0.240 e. The minimum Gasteiger partial charge on any atom is -0.334 e. The van der Waals surface area contributed by atoms with Gasteiger partial charge in [-0.1, -0.05) is 6.42 Å². The molecule has 1 aromatic rings. The molecule has 4 rings (SSSR count). The van der Waals surface area contributed by atoms with E-state index < -0.39 is 0 Å². The van der Waals surface area contributed by atoms with Crippen molar-refractivity contribution < 1.29 is 4.79 Å². The Morgan fingerprint density at radius 3 is 3.00 bits per heavy atom. The van der Waals surface area contributed by atoms with Gasteiger partial charge in [-0.25, -0.2) is 0 Å². The highest BCUT2D eigenvalue weighted by Gasteiger charge is 2.45. The van der Waals surface area contributed by atoms with Crippen LogP contribution in [0.1, 0.15) is 37.7 Å². The largest absolute Gasteiger partial charge is 0.334 e. The second-order valence-corrected chi connectivity index (χ2v) is 7.35. The van der Waals surface area contributed by atoms with E-state index in [0.29, 0.717) is 17.9 Å². The summed E-state index contributed by atoms with van der Waals surface area (Å²) < 4.78 is 0. The summed E-state index contributed by atoms with van der Waals surface area (Å²) in [6, 6.07) is 2.75. The highest BCUT2D eigenvalue weighted by atomic mass is 32.1. The third-order valence-corrected chi connectivity index (χ3v) is 5.95. The first-order valence-electron chi connectivity index (χ1n) is 7.88. The maximum Gasteiger partial charge on any atom is 0.240 e. The van der Waals surface area contributed by atoms with Crippen LogP contribution in [0.5, 0.6) is 0 Å². The second kappa shape index (κ2) is 5.15. The summed E-state index contributed by atoms with van der Waals surface area (Å²) in [5.41, 5.74) is 1.29. The zero-order valence-electron chi connectivity index (χ0n) is 11.8. The van der Waals surface area contributed by atoms with E-state index in [1.165, 1.54) is 37.7 Å². The van der Waals surface area contributed by atoms with Crippen molar-refractivity contribution in [1.82, 2.24) is 10.2 Å². The van der Waals surface area contributed by atoms with Crippen LogP contribution in [-0.2, 0) is 11.3 Å². The average Bonchev–Trinajstić information content (AvgIpc) is 2.88. The summed E-state index contributed by atoms with van der Waals surface area (Å²) >= 11 is 1.72. The van der Waals surface area contributed by atoms with Crippen molar-refractivity contribution in [2.45, 2.75) is 50.7 Å². The fraction of sp³-hybridized carbons (Fsp3) is 0.688. The molecule has 2 heterocycles. The quantitative estimate of drug-likeness (QED) is 0.924. The standard InChI is InChI=1S/C16H22N2OS/c19-16(15-14-3-1-2-12(14)8-17-15)18(13-4-5-13)9-11-6-7-20-10-11/h6-7,10,12-15,17H,1-5,8-9H2. The van der Waals surface area contributed by atoms with Crippen molar-refractivity contribution in [3.8, 4) is 0 Å². The van der Waals surface area contributed by atoms with Gasteiger partial charge < -0.3 is 10.2 Å². The Hall–Kier alpha value is -0.870. The second-order valence-electron chi connectivity index (χ2n) is 6.57. The lowest BCUT2D eigenvalue weighted by molar-refractivity contribution is -0.135. The van der Waals surface area contributed by atoms with Gasteiger partial charge in [-0.2, -0.15) is 11.3 Å². The summed E-state index contributed by atoms with van der Waals surface area (Å²) in [6.45, 7) is 1.86. The van der Waals surface area contributed by atoms with E-state index in [1.54, 1.807) is 11.3 Å². The minimum absolute atomic E-state index is 0.0988. The third-order valence-electron chi connectivity index (χ3n) is 5.22. The average molecular weight is 290 g/mol. The molecule has 1 aromatic heterocycles. The van der Waals surface area contributed by atoms with Crippen LogP contribution in [0.3, 0.4) is 0 Å². The molecule has 0 spiro atoms. The van der Waals surface area contributed by atoms with Crippen molar-refractivity contribution >= 4 is 17.2 Å². The SMILES string of the molecule is O=C(C1NCC2CCCC21)N(Cc1ccsc1)C1CC1. The Morgan fingerprint density at radius 1 is 1.35 bits per heavy atom. The first kappa shape index (κ1) is 12.8. The Labute approximate surface area is 124 Å². The molecule has 20 heavy (non-hydrogen) atoms. The van der Waals surface area contributed by atoms with Gasteiger partial charge in [0.05, 0.1) is 6.04 Å². The fourth-order valence-corrected chi connectivity index (χ4v) is 4.65. The van der Waals surface area contributed by atoms with Crippen LogP contribution in [-0.4, -0.2) is 29.4 Å². The van der Waals surface area contributed by atoms with Crippen LogP contribution >= 0.6 is 11.3 Å². The molecule has 3 atom stereocenters. The number of hydrogen-bond donors (Lipinski definition) is 1. The van der Waals surface area contributed by atoms with Crippen LogP contribution in [0.15, 0.2) is 16.8 Å². The number of thiophene rings is 1. The Bertz CT molecular complexity index is 483. The lowest BCUT2D eigenvalue weighted by Gasteiger charge is -2.28. The van der Waals surface area contributed by atoms with Crippen LogP contribution in [0.25, 0.3) is 0 Å². The number of carbonyl (C=O) groups is 1. The van der Waals surface area contributed by atoms with Crippen molar-refractivity contribution in [3.05, 3.63) is 22.4 Å². The number of nitrogens with zero attached hydrogens (tertiary/aromatic N) is 1. The number of rotatable bonds is 4. The van der Waals surface area contributed by atoms with Crippen LogP contribution in [0, 0.1) is 11.8 Å². The van der Waals surface area contributed by atoms with Crippen molar-refractivity contribution in [2.24, 2.45) is 11.8 Å². The molecule has 3 aliphatic rings. The molecule has 1 saturated heterocycles. The highest BCUT2D eigenvalue weighted by molar-refractivity contribution is 7.07. The summed E-state index contributed by atoms with van der Waals surface area (Å²) in [4.78, 5) is 15.1. The number of carbonyl (C=O) groups excluding carboxylic acids is 1. The zero-order valence-corrected chi connectivity index (χ0v) is 12.6. The molecule has 108 valence electrons.